The Bertz CT molecular complexity index is 610. The summed E-state index contributed by atoms with van der Waals surface area (Å²) in [5.74, 6) is -1.01. The Morgan fingerprint density at radius 1 is 1.53 bits per heavy atom. The van der Waals surface area contributed by atoms with Gasteiger partial charge in [0.25, 0.3) is 0 Å². The fraction of sp³-hybridized carbons (Fsp3) is 0.231. The van der Waals surface area contributed by atoms with E-state index in [1.165, 1.54) is 6.07 Å². The molecule has 1 aromatic heterocycles. The summed E-state index contributed by atoms with van der Waals surface area (Å²) in [7, 11) is 1.92. The molecule has 100 valence electrons. The van der Waals surface area contributed by atoms with Gasteiger partial charge in [-0.15, -0.1) is 11.3 Å². The van der Waals surface area contributed by atoms with Crippen LogP contribution in [0, 0.1) is 6.92 Å². The van der Waals surface area contributed by atoms with Crippen molar-refractivity contribution in [2.24, 2.45) is 0 Å². The summed E-state index contributed by atoms with van der Waals surface area (Å²) in [5.41, 5.74) is 7.99. The Morgan fingerprint density at radius 2 is 2.26 bits per heavy atom. The quantitative estimate of drug-likeness (QED) is 0.839. The lowest BCUT2D eigenvalue weighted by atomic mass is 10.1. The zero-order chi connectivity index (χ0) is 14.0. The molecule has 2 rings (SSSR count). The molecule has 0 fully saturated rings. The van der Waals surface area contributed by atoms with Crippen molar-refractivity contribution in [3.8, 4) is 0 Å². The number of carbonyl (C=O) groups is 1. The Hall–Kier alpha value is -2.08. The van der Waals surface area contributed by atoms with Crippen molar-refractivity contribution in [3.05, 3.63) is 39.8 Å². The standard InChI is InChI=1S/C13H15N3O2S/c1-8-15-9(7-19-8)6-16(2)10-3-4-11(13(17)18)12(14)5-10/h3-5,7H,6,14H2,1-2H3,(H,17,18). The van der Waals surface area contributed by atoms with E-state index in [-0.39, 0.29) is 11.3 Å². The molecule has 0 amide bonds. The van der Waals surface area contributed by atoms with E-state index < -0.39 is 5.97 Å². The van der Waals surface area contributed by atoms with Crippen LogP contribution >= 0.6 is 11.3 Å². The van der Waals surface area contributed by atoms with E-state index in [0.29, 0.717) is 6.54 Å². The molecule has 0 bridgehead atoms. The van der Waals surface area contributed by atoms with Crippen LogP contribution in [0.4, 0.5) is 11.4 Å². The number of aromatic carboxylic acids is 1. The second kappa shape index (κ2) is 5.27. The van der Waals surface area contributed by atoms with E-state index in [1.807, 2.05) is 24.3 Å². The monoisotopic (exact) mass is 277 g/mol. The van der Waals surface area contributed by atoms with Crippen LogP contribution in [0.15, 0.2) is 23.6 Å². The molecule has 1 aromatic carbocycles. The van der Waals surface area contributed by atoms with Gasteiger partial charge in [-0.25, -0.2) is 9.78 Å². The van der Waals surface area contributed by atoms with E-state index >= 15 is 0 Å². The summed E-state index contributed by atoms with van der Waals surface area (Å²) in [4.78, 5) is 17.3. The third-order valence-electron chi connectivity index (χ3n) is 2.77. The van der Waals surface area contributed by atoms with Crippen molar-refractivity contribution in [1.29, 1.82) is 0 Å². The predicted molar refractivity (Wildman–Crippen MR) is 76.8 cm³/mol. The number of aryl methyl sites for hydroxylation is 1. The maximum absolute atomic E-state index is 10.9. The topological polar surface area (TPSA) is 79.5 Å². The fourth-order valence-electron chi connectivity index (χ4n) is 1.80. The lowest BCUT2D eigenvalue weighted by Crippen LogP contribution is -2.17. The number of carboxylic acid groups (broad SMARTS) is 1. The third-order valence-corrected chi connectivity index (χ3v) is 3.59. The van der Waals surface area contributed by atoms with Crippen LogP contribution in [0.5, 0.6) is 0 Å². The molecule has 5 nitrogen and oxygen atoms in total. The van der Waals surface area contributed by atoms with E-state index in [1.54, 1.807) is 23.5 Å². The summed E-state index contributed by atoms with van der Waals surface area (Å²) in [6, 6.07) is 4.94. The predicted octanol–water partition coefficient (Wildman–Crippen LogP) is 2.37. The molecule has 0 aliphatic carbocycles. The van der Waals surface area contributed by atoms with E-state index in [0.717, 1.165) is 16.4 Å². The van der Waals surface area contributed by atoms with Gasteiger partial charge in [-0.05, 0) is 25.1 Å². The number of thiazole rings is 1. The van der Waals surface area contributed by atoms with Crippen LogP contribution in [-0.2, 0) is 6.54 Å². The van der Waals surface area contributed by atoms with Crippen molar-refractivity contribution in [3.63, 3.8) is 0 Å². The highest BCUT2D eigenvalue weighted by molar-refractivity contribution is 7.09. The molecule has 19 heavy (non-hydrogen) atoms. The molecule has 0 aliphatic rings. The number of hydrogen-bond donors (Lipinski definition) is 2. The van der Waals surface area contributed by atoms with E-state index in [2.05, 4.69) is 4.98 Å². The molecular formula is C13H15N3O2S. The minimum atomic E-state index is -1.01. The van der Waals surface area contributed by atoms with Crippen molar-refractivity contribution < 1.29 is 9.90 Å². The molecule has 0 saturated carbocycles. The number of hydrogen-bond acceptors (Lipinski definition) is 5. The normalized spacial score (nSPS) is 10.4. The molecule has 6 heteroatoms. The average molecular weight is 277 g/mol. The number of nitrogens with two attached hydrogens (primary N) is 1. The smallest absolute Gasteiger partial charge is 0.337 e. The van der Waals surface area contributed by atoms with E-state index in [9.17, 15) is 4.79 Å². The highest BCUT2D eigenvalue weighted by Gasteiger charge is 2.10. The summed E-state index contributed by atoms with van der Waals surface area (Å²) in [5, 5.41) is 12.0. The van der Waals surface area contributed by atoms with Crippen LogP contribution in [0.25, 0.3) is 0 Å². The van der Waals surface area contributed by atoms with Gasteiger partial charge < -0.3 is 15.7 Å². The van der Waals surface area contributed by atoms with Gasteiger partial charge in [0.05, 0.1) is 22.8 Å². The van der Waals surface area contributed by atoms with Gasteiger partial charge in [-0.1, -0.05) is 0 Å². The van der Waals surface area contributed by atoms with Gasteiger partial charge in [0, 0.05) is 23.8 Å². The first-order chi connectivity index (χ1) is 8.97. The first-order valence-electron chi connectivity index (χ1n) is 5.72. The summed E-state index contributed by atoms with van der Waals surface area (Å²) in [6.45, 7) is 2.63. The van der Waals surface area contributed by atoms with Crippen molar-refractivity contribution in [2.45, 2.75) is 13.5 Å². The van der Waals surface area contributed by atoms with E-state index in [4.69, 9.17) is 10.8 Å². The van der Waals surface area contributed by atoms with Crippen molar-refractivity contribution in [2.75, 3.05) is 17.7 Å². The summed E-state index contributed by atoms with van der Waals surface area (Å²) in [6.07, 6.45) is 0. The molecule has 0 aliphatic heterocycles. The molecule has 0 saturated heterocycles. The Labute approximate surface area is 115 Å². The lowest BCUT2D eigenvalue weighted by molar-refractivity contribution is 0.0698. The SMILES string of the molecule is Cc1nc(CN(C)c2ccc(C(=O)O)c(N)c2)cs1. The number of nitrogens with zero attached hydrogens (tertiary/aromatic N) is 2. The highest BCUT2D eigenvalue weighted by Crippen LogP contribution is 2.22. The fourth-order valence-corrected chi connectivity index (χ4v) is 2.40. The first-order valence-corrected chi connectivity index (χ1v) is 6.60. The third kappa shape index (κ3) is 3.03. The number of carboxylic acids is 1. The number of nitrogen functional groups attached to an aromatic ring is 1. The number of anilines is 2. The van der Waals surface area contributed by atoms with Crippen LogP contribution < -0.4 is 10.6 Å². The number of rotatable bonds is 4. The highest BCUT2D eigenvalue weighted by atomic mass is 32.1. The molecule has 1 heterocycles. The van der Waals surface area contributed by atoms with Crippen molar-refractivity contribution >= 4 is 28.7 Å². The number of aromatic nitrogens is 1. The molecular weight excluding hydrogens is 262 g/mol. The maximum atomic E-state index is 10.9. The van der Waals surface area contributed by atoms with Crippen LogP contribution in [0.2, 0.25) is 0 Å². The molecule has 2 aromatic rings. The minimum Gasteiger partial charge on any atom is -0.478 e. The van der Waals surface area contributed by atoms with Gasteiger partial charge >= 0.3 is 5.97 Å². The molecule has 3 N–H and O–H groups in total. The summed E-state index contributed by atoms with van der Waals surface area (Å²) < 4.78 is 0. The molecule has 0 atom stereocenters. The second-order valence-electron chi connectivity index (χ2n) is 4.29. The van der Waals surface area contributed by atoms with Gasteiger partial charge in [0.15, 0.2) is 0 Å². The molecule has 0 spiro atoms. The minimum absolute atomic E-state index is 0.127. The van der Waals surface area contributed by atoms with Crippen LogP contribution in [0.3, 0.4) is 0 Å². The number of benzene rings is 1. The first kappa shape index (κ1) is 13.4. The Balaban J connectivity index is 2.17. The largest absolute Gasteiger partial charge is 0.478 e. The second-order valence-corrected chi connectivity index (χ2v) is 5.35. The summed E-state index contributed by atoms with van der Waals surface area (Å²) >= 11 is 1.61. The van der Waals surface area contributed by atoms with Crippen LogP contribution in [0.1, 0.15) is 21.1 Å². The van der Waals surface area contributed by atoms with Gasteiger partial charge in [-0.3, -0.25) is 0 Å². The lowest BCUT2D eigenvalue weighted by Gasteiger charge is -2.19. The van der Waals surface area contributed by atoms with Crippen LogP contribution in [-0.4, -0.2) is 23.1 Å². The Morgan fingerprint density at radius 3 is 2.79 bits per heavy atom. The average Bonchev–Trinajstić information content (AvgIpc) is 2.74. The van der Waals surface area contributed by atoms with Crippen molar-refractivity contribution in [1.82, 2.24) is 4.98 Å². The van der Waals surface area contributed by atoms with Gasteiger partial charge in [-0.2, -0.15) is 0 Å². The Kier molecular flexibility index (Phi) is 3.71. The maximum Gasteiger partial charge on any atom is 0.337 e. The zero-order valence-electron chi connectivity index (χ0n) is 10.8. The molecule has 0 unspecified atom stereocenters. The van der Waals surface area contributed by atoms with Gasteiger partial charge in [0.1, 0.15) is 0 Å². The molecule has 0 radical (unpaired) electrons. The van der Waals surface area contributed by atoms with Gasteiger partial charge in [0.2, 0.25) is 0 Å². The zero-order valence-corrected chi connectivity index (χ0v) is 11.6.